The number of nitrogens with zero attached hydrogens (tertiary/aromatic N) is 1. The van der Waals surface area contributed by atoms with Gasteiger partial charge in [0.05, 0.1) is 11.1 Å². The number of likely N-dealkylation sites (tertiary alicyclic amines) is 1. The van der Waals surface area contributed by atoms with Crippen molar-refractivity contribution in [3.63, 3.8) is 0 Å². The summed E-state index contributed by atoms with van der Waals surface area (Å²) in [6.45, 7) is 4.05. The van der Waals surface area contributed by atoms with E-state index in [0.717, 1.165) is 0 Å². The van der Waals surface area contributed by atoms with Gasteiger partial charge < -0.3 is 4.90 Å². The van der Waals surface area contributed by atoms with Gasteiger partial charge in [-0.15, -0.1) is 0 Å². The predicted molar refractivity (Wildman–Crippen MR) is 74.2 cm³/mol. The Morgan fingerprint density at radius 2 is 1.86 bits per heavy atom. The number of hydrogen-bond donors (Lipinski definition) is 1. The fourth-order valence-corrected chi connectivity index (χ4v) is 2.85. The molecule has 0 saturated carbocycles. The maximum Gasteiger partial charge on any atom is 0.516 e. The minimum absolute atomic E-state index is 0.0544. The Kier molecular flexibility index (Phi) is 3.88. The zero-order valence-corrected chi connectivity index (χ0v) is 12.8. The first-order valence-corrected chi connectivity index (χ1v) is 7.89. The van der Waals surface area contributed by atoms with Gasteiger partial charge in [0.2, 0.25) is 5.91 Å². The summed E-state index contributed by atoms with van der Waals surface area (Å²) in [5.74, 6) is -0.124. The van der Waals surface area contributed by atoms with Crippen molar-refractivity contribution in [1.29, 1.82) is 0 Å². The summed E-state index contributed by atoms with van der Waals surface area (Å²) >= 11 is 0. The van der Waals surface area contributed by atoms with Crippen LogP contribution >= 0.6 is 0 Å². The van der Waals surface area contributed by atoms with Crippen LogP contribution in [-0.2, 0) is 21.4 Å². The van der Waals surface area contributed by atoms with Gasteiger partial charge in [-0.25, -0.2) is 0 Å². The first-order valence-electron chi connectivity index (χ1n) is 6.40. The van der Waals surface area contributed by atoms with Crippen molar-refractivity contribution in [2.24, 2.45) is 5.41 Å². The summed E-state index contributed by atoms with van der Waals surface area (Å²) in [7, 11) is -5.49. The van der Waals surface area contributed by atoms with Crippen LogP contribution in [0.2, 0.25) is 0 Å². The fourth-order valence-electron chi connectivity index (χ4n) is 2.25. The molecule has 0 spiro atoms. The molecular formula is C13H15F3N2O3S. The summed E-state index contributed by atoms with van der Waals surface area (Å²) in [5.41, 5.74) is -5.76. The molecule has 1 aliphatic heterocycles. The van der Waals surface area contributed by atoms with E-state index in [4.69, 9.17) is 0 Å². The Bertz CT molecular complexity index is 699. The highest BCUT2D eigenvalue weighted by molar-refractivity contribution is 7.93. The van der Waals surface area contributed by atoms with Crippen LogP contribution in [0, 0.1) is 5.41 Å². The zero-order valence-electron chi connectivity index (χ0n) is 11.9. The number of β-lactam (4-membered cyclic amide) rings is 1. The van der Waals surface area contributed by atoms with Gasteiger partial charge in [-0.1, -0.05) is 18.2 Å². The van der Waals surface area contributed by atoms with E-state index < -0.39 is 20.9 Å². The van der Waals surface area contributed by atoms with Gasteiger partial charge in [0.15, 0.2) is 0 Å². The second-order valence-electron chi connectivity index (χ2n) is 5.75. The van der Waals surface area contributed by atoms with Crippen LogP contribution in [-0.4, -0.2) is 31.3 Å². The van der Waals surface area contributed by atoms with Crippen LogP contribution in [0.25, 0.3) is 0 Å². The lowest BCUT2D eigenvalue weighted by Gasteiger charge is -2.44. The zero-order chi connectivity index (χ0) is 16.8. The van der Waals surface area contributed by atoms with Gasteiger partial charge >= 0.3 is 15.5 Å². The van der Waals surface area contributed by atoms with Crippen molar-refractivity contribution in [1.82, 2.24) is 4.90 Å². The van der Waals surface area contributed by atoms with Crippen LogP contribution in [0.3, 0.4) is 0 Å². The molecule has 0 bridgehead atoms. The molecular weight excluding hydrogens is 321 g/mol. The number of amides is 1. The first-order chi connectivity index (χ1) is 9.94. The number of halogens is 3. The van der Waals surface area contributed by atoms with E-state index in [9.17, 15) is 26.4 Å². The Labute approximate surface area is 126 Å². The molecule has 2 rings (SSSR count). The van der Waals surface area contributed by atoms with Crippen LogP contribution in [0.1, 0.15) is 19.4 Å². The van der Waals surface area contributed by atoms with E-state index in [1.54, 1.807) is 19.9 Å². The molecule has 0 unspecified atom stereocenters. The molecule has 1 fully saturated rings. The number of hydrogen-bond acceptors (Lipinski definition) is 3. The van der Waals surface area contributed by atoms with Crippen LogP contribution in [0.15, 0.2) is 24.3 Å². The Morgan fingerprint density at radius 3 is 2.36 bits per heavy atom. The topological polar surface area (TPSA) is 66.5 Å². The minimum atomic E-state index is -5.49. The molecule has 1 aliphatic rings. The molecule has 5 nitrogen and oxygen atoms in total. The number of sulfonamides is 1. The number of nitrogens with one attached hydrogen (secondary N) is 1. The summed E-state index contributed by atoms with van der Waals surface area (Å²) in [5, 5.41) is 0. The largest absolute Gasteiger partial charge is 0.516 e. The molecule has 1 aromatic rings. The Hall–Kier alpha value is -1.77. The van der Waals surface area contributed by atoms with E-state index in [0.29, 0.717) is 12.1 Å². The fraction of sp³-hybridized carbons (Fsp3) is 0.462. The average molecular weight is 336 g/mol. The SMILES string of the molecule is CC1(C)CN(Cc2ccccc2NS(=O)(=O)C(F)(F)F)C1=O. The van der Waals surface area contributed by atoms with Crippen LogP contribution in [0.4, 0.5) is 18.9 Å². The van der Waals surface area contributed by atoms with Crippen LogP contribution < -0.4 is 4.72 Å². The third kappa shape index (κ3) is 3.03. The highest BCUT2D eigenvalue weighted by Crippen LogP contribution is 2.33. The van der Waals surface area contributed by atoms with Crippen molar-refractivity contribution >= 4 is 21.6 Å². The number of carbonyl (C=O) groups excluding carboxylic acids is 1. The number of rotatable bonds is 4. The third-order valence-electron chi connectivity index (χ3n) is 3.38. The maximum absolute atomic E-state index is 12.4. The molecule has 122 valence electrons. The second kappa shape index (κ2) is 5.15. The minimum Gasteiger partial charge on any atom is -0.337 e. The monoisotopic (exact) mass is 336 g/mol. The highest BCUT2D eigenvalue weighted by Gasteiger charge is 2.47. The molecule has 1 saturated heterocycles. The van der Waals surface area contributed by atoms with Gasteiger partial charge in [-0.3, -0.25) is 9.52 Å². The number of alkyl halides is 3. The van der Waals surface area contributed by atoms with E-state index in [1.807, 2.05) is 0 Å². The molecule has 1 amide bonds. The highest BCUT2D eigenvalue weighted by atomic mass is 32.2. The molecule has 0 atom stereocenters. The predicted octanol–water partition coefficient (Wildman–Crippen LogP) is 2.32. The van der Waals surface area contributed by atoms with Gasteiger partial charge in [-0.2, -0.15) is 21.6 Å². The maximum atomic E-state index is 12.4. The number of carbonyl (C=O) groups is 1. The second-order valence-corrected chi connectivity index (χ2v) is 7.43. The standard InChI is InChI=1S/C13H15F3N2O3S/c1-12(2)8-18(11(12)19)7-9-5-3-4-6-10(9)17-22(20,21)13(14,15)16/h3-6,17H,7-8H2,1-2H3. The molecule has 1 N–H and O–H groups in total. The van der Waals surface area contributed by atoms with E-state index >= 15 is 0 Å². The molecule has 22 heavy (non-hydrogen) atoms. The van der Waals surface area contributed by atoms with Gasteiger partial charge in [0.25, 0.3) is 0 Å². The van der Waals surface area contributed by atoms with E-state index in [-0.39, 0.29) is 18.1 Å². The Morgan fingerprint density at radius 1 is 1.27 bits per heavy atom. The summed E-state index contributed by atoms with van der Waals surface area (Å²) in [4.78, 5) is 13.3. The number of para-hydroxylation sites is 1. The number of anilines is 1. The molecule has 9 heteroatoms. The lowest BCUT2D eigenvalue weighted by atomic mass is 9.83. The third-order valence-corrected chi connectivity index (χ3v) is 4.48. The summed E-state index contributed by atoms with van der Waals surface area (Å²) < 4.78 is 61.2. The first kappa shape index (κ1) is 16.6. The lowest BCUT2D eigenvalue weighted by Crippen LogP contribution is -2.57. The van der Waals surface area contributed by atoms with Crippen molar-refractivity contribution in [3.8, 4) is 0 Å². The normalized spacial score (nSPS) is 18.0. The van der Waals surface area contributed by atoms with Crippen molar-refractivity contribution < 1.29 is 26.4 Å². The molecule has 0 aromatic heterocycles. The average Bonchev–Trinajstić information content (AvgIpc) is 2.38. The summed E-state index contributed by atoms with van der Waals surface area (Å²) in [6, 6.07) is 5.69. The van der Waals surface area contributed by atoms with E-state index in [2.05, 4.69) is 0 Å². The summed E-state index contributed by atoms with van der Waals surface area (Å²) in [6.07, 6.45) is 0. The molecule has 0 aliphatic carbocycles. The van der Waals surface area contributed by atoms with E-state index in [1.165, 1.54) is 27.8 Å². The lowest BCUT2D eigenvalue weighted by molar-refractivity contribution is -0.157. The molecule has 1 aromatic carbocycles. The molecule has 0 radical (unpaired) electrons. The van der Waals surface area contributed by atoms with Gasteiger partial charge in [0, 0.05) is 13.1 Å². The quantitative estimate of drug-likeness (QED) is 0.858. The smallest absolute Gasteiger partial charge is 0.337 e. The van der Waals surface area contributed by atoms with Crippen molar-refractivity contribution in [3.05, 3.63) is 29.8 Å². The Balaban J connectivity index is 2.20. The van der Waals surface area contributed by atoms with Crippen molar-refractivity contribution in [2.75, 3.05) is 11.3 Å². The van der Waals surface area contributed by atoms with Crippen LogP contribution in [0.5, 0.6) is 0 Å². The van der Waals surface area contributed by atoms with Gasteiger partial charge in [-0.05, 0) is 25.5 Å². The van der Waals surface area contributed by atoms with Gasteiger partial charge in [0.1, 0.15) is 0 Å². The number of benzene rings is 1. The molecule has 1 heterocycles. The van der Waals surface area contributed by atoms with Crippen molar-refractivity contribution in [2.45, 2.75) is 25.9 Å².